The number of esters is 1. The fourth-order valence-electron chi connectivity index (χ4n) is 3.35. The molecular formula is C19H23N3O4. The molecule has 7 nitrogen and oxygen atoms in total. The predicted molar refractivity (Wildman–Crippen MR) is 97.0 cm³/mol. The van der Waals surface area contributed by atoms with Crippen LogP contribution in [0, 0.1) is 5.92 Å². The maximum absolute atomic E-state index is 13.1. The molecule has 1 amide bonds. The van der Waals surface area contributed by atoms with E-state index in [4.69, 9.17) is 4.74 Å². The summed E-state index contributed by atoms with van der Waals surface area (Å²) in [6.45, 7) is 4.66. The van der Waals surface area contributed by atoms with Crippen LogP contribution in [0.3, 0.4) is 0 Å². The molecule has 7 heteroatoms. The Morgan fingerprint density at radius 1 is 1.15 bits per heavy atom. The Kier molecular flexibility index (Phi) is 5.06. The number of amides is 1. The number of fused-ring (bicyclic) bond motifs is 1. The van der Waals surface area contributed by atoms with Crippen molar-refractivity contribution in [3.05, 3.63) is 40.3 Å². The summed E-state index contributed by atoms with van der Waals surface area (Å²) in [7, 11) is 1.38. The third-order valence-electron chi connectivity index (χ3n) is 4.84. The van der Waals surface area contributed by atoms with E-state index in [0.29, 0.717) is 36.7 Å². The molecule has 3 rings (SSSR count). The molecule has 0 unspecified atom stereocenters. The number of rotatable bonds is 3. The predicted octanol–water partition coefficient (Wildman–Crippen LogP) is 2.00. The summed E-state index contributed by atoms with van der Waals surface area (Å²) in [4.78, 5) is 39.0. The van der Waals surface area contributed by atoms with E-state index in [-0.39, 0.29) is 35.1 Å². The van der Waals surface area contributed by atoms with Crippen molar-refractivity contribution in [1.82, 2.24) is 14.7 Å². The Balaban J connectivity index is 1.95. The van der Waals surface area contributed by atoms with Gasteiger partial charge in [-0.15, -0.1) is 0 Å². The van der Waals surface area contributed by atoms with Crippen molar-refractivity contribution in [2.24, 2.45) is 5.92 Å². The van der Waals surface area contributed by atoms with Crippen LogP contribution >= 0.6 is 0 Å². The van der Waals surface area contributed by atoms with Crippen LogP contribution in [-0.2, 0) is 9.53 Å². The average molecular weight is 357 g/mol. The summed E-state index contributed by atoms with van der Waals surface area (Å²) >= 11 is 0. The first-order valence-electron chi connectivity index (χ1n) is 8.82. The van der Waals surface area contributed by atoms with Gasteiger partial charge in [-0.3, -0.25) is 14.4 Å². The monoisotopic (exact) mass is 357 g/mol. The number of ether oxygens (including phenoxy) is 1. The third kappa shape index (κ3) is 3.21. The van der Waals surface area contributed by atoms with E-state index in [2.05, 4.69) is 5.10 Å². The summed E-state index contributed by atoms with van der Waals surface area (Å²) in [6.07, 6.45) is 1.14. The van der Waals surface area contributed by atoms with Crippen LogP contribution in [0.2, 0.25) is 0 Å². The van der Waals surface area contributed by atoms with Gasteiger partial charge in [0.15, 0.2) is 5.69 Å². The summed E-state index contributed by atoms with van der Waals surface area (Å²) in [5, 5.41) is 5.42. The zero-order chi connectivity index (χ0) is 18.8. The molecule has 0 saturated carbocycles. The quantitative estimate of drug-likeness (QED) is 0.785. The van der Waals surface area contributed by atoms with Gasteiger partial charge in [-0.1, -0.05) is 18.2 Å². The van der Waals surface area contributed by atoms with Gasteiger partial charge in [-0.05, 0) is 32.8 Å². The maximum Gasteiger partial charge on any atom is 0.308 e. The number of aromatic nitrogens is 2. The topological polar surface area (TPSA) is 81.5 Å². The number of carbonyl (C=O) groups is 2. The molecule has 0 aliphatic carbocycles. The van der Waals surface area contributed by atoms with Crippen molar-refractivity contribution in [1.29, 1.82) is 0 Å². The first-order chi connectivity index (χ1) is 12.4. The van der Waals surface area contributed by atoms with E-state index in [1.54, 1.807) is 29.2 Å². The summed E-state index contributed by atoms with van der Waals surface area (Å²) < 4.78 is 6.15. The molecule has 1 saturated heterocycles. The maximum atomic E-state index is 13.1. The van der Waals surface area contributed by atoms with Crippen molar-refractivity contribution in [3.8, 4) is 0 Å². The number of methoxy groups -OCH3 is 1. The van der Waals surface area contributed by atoms with Crippen molar-refractivity contribution in [2.45, 2.75) is 32.7 Å². The van der Waals surface area contributed by atoms with Gasteiger partial charge in [0, 0.05) is 18.5 Å². The lowest BCUT2D eigenvalue weighted by Crippen LogP contribution is -2.41. The van der Waals surface area contributed by atoms with Crippen LogP contribution in [0.15, 0.2) is 29.1 Å². The molecule has 0 bridgehead atoms. The Bertz CT molecular complexity index is 895. The van der Waals surface area contributed by atoms with Crippen LogP contribution in [0.4, 0.5) is 0 Å². The van der Waals surface area contributed by atoms with Crippen LogP contribution in [-0.4, -0.2) is 46.8 Å². The minimum absolute atomic E-state index is 0.149. The summed E-state index contributed by atoms with van der Waals surface area (Å²) in [5.74, 6) is -0.605. The second-order valence-electron chi connectivity index (χ2n) is 6.83. The number of carbonyl (C=O) groups excluding carboxylic acids is 2. The molecule has 0 radical (unpaired) electrons. The molecule has 138 valence electrons. The van der Waals surface area contributed by atoms with Crippen LogP contribution < -0.4 is 5.56 Å². The summed E-state index contributed by atoms with van der Waals surface area (Å²) in [5.41, 5.74) is 0.0852. The van der Waals surface area contributed by atoms with Gasteiger partial charge < -0.3 is 9.64 Å². The lowest BCUT2D eigenvalue weighted by molar-refractivity contribution is -0.146. The summed E-state index contributed by atoms with van der Waals surface area (Å²) in [6, 6.07) is 6.90. The lowest BCUT2D eigenvalue weighted by atomic mass is 9.96. The fourth-order valence-corrected chi connectivity index (χ4v) is 3.35. The largest absolute Gasteiger partial charge is 0.469 e. The molecule has 0 spiro atoms. The number of likely N-dealkylation sites (tertiary alicyclic amines) is 1. The van der Waals surface area contributed by atoms with Gasteiger partial charge in [0.2, 0.25) is 0 Å². The highest BCUT2D eigenvalue weighted by atomic mass is 16.5. The molecule has 2 aromatic rings. The van der Waals surface area contributed by atoms with Crippen LogP contribution in [0.5, 0.6) is 0 Å². The highest BCUT2D eigenvalue weighted by molar-refractivity contribution is 6.04. The normalized spacial score (nSPS) is 15.5. The smallest absolute Gasteiger partial charge is 0.308 e. The molecule has 26 heavy (non-hydrogen) atoms. The molecule has 0 N–H and O–H groups in total. The van der Waals surface area contributed by atoms with E-state index in [1.165, 1.54) is 11.8 Å². The first kappa shape index (κ1) is 18.1. The Labute approximate surface area is 151 Å². The van der Waals surface area contributed by atoms with E-state index in [9.17, 15) is 14.4 Å². The Morgan fingerprint density at radius 3 is 2.35 bits per heavy atom. The third-order valence-corrected chi connectivity index (χ3v) is 4.84. The van der Waals surface area contributed by atoms with Gasteiger partial charge in [0.05, 0.1) is 24.5 Å². The molecule has 1 aromatic heterocycles. The van der Waals surface area contributed by atoms with Crippen molar-refractivity contribution >= 4 is 22.6 Å². The number of benzene rings is 1. The highest BCUT2D eigenvalue weighted by Gasteiger charge is 2.30. The second kappa shape index (κ2) is 7.27. The number of piperidine rings is 1. The number of hydrogen-bond acceptors (Lipinski definition) is 5. The van der Waals surface area contributed by atoms with E-state index in [1.807, 2.05) is 13.8 Å². The van der Waals surface area contributed by atoms with Gasteiger partial charge >= 0.3 is 5.97 Å². The molecule has 1 aliphatic heterocycles. The zero-order valence-corrected chi connectivity index (χ0v) is 15.3. The first-order valence-corrected chi connectivity index (χ1v) is 8.82. The SMILES string of the molecule is COC(=O)C1CCN(C(=O)c2nn(C(C)C)c(=O)c3ccccc23)CC1. The van der Waals surface area contributed by atoms with Crippen molar-refractivity contribution < 1.29 is 14.3 Å². The Hall–Kier alpha value is -2.70. The minimum Gasteiger partial charge on any atom is -0.469 e. The minimum atomic E-state index is -0.228. The average Bonchev–Trinajstić information content (AvgIpc) is 2.67. The molecular weight excluding hydrogens is 334 g/mol. The van der Waals surface area contributed by atoms with Gasteiger partial charge in [-0.2, -0.15) is 5.10 Å². The highest BCUT2D eigenvalue weighted by Crippen LogP contribution is 2.22. The van der Waals surface area contributed by atoms with Gasteiger partial charge in [-0.25, -0.2) is 4.68 Å². The number of hydrogen-bond donors (Lipinski definition) is 0. The van der Waals surface area contributed by atoms with Gasteiger partial charge in [0.1, 0.15) is 0 Å². The van der Waals surface area contributed by atoms with Crippen molar-refractivity contribution in [3.63, 3.8) is 0 Å². The van der Waals surface area contributed by atoms with E-state index in [0.717, 1.165) is 0 Å². The van der Waals surface area contributed by atoms with Crippen LogP contribution in [0.1, 0.15) is 43.2 Å². The van der Waals surface area contributed by atoms with E-state index < -0.39 is 0 Å². The van der Waals surface area contributed by atoms with E-state index >= 15 is 0 Å². The molecule has 1 aliphatic rings. The van der Waals surface area contributed by atoms with Crippen molar-refractivity contribution in [2.75, 3.05) is 20.2 Å². The lowest BCUT2D eigenvalue weighted by Gasteiger charge is -2.30. The zero-order valence-electron chi connectivity index (χ0n) is 15.3. The standard InChI is InChI=1S/C19H23N3O4/c1-12(2)22-17(23)15-7-5-4-6-14(15)16(20-22)18(24)21-10-8-13(9-11-21)19(25)26-3/h4-7,12-13H,8-11H2,1-3H3. The Morgan fingerprint density at radius 2 is 1.77 bits per heavy atom. The number of nitrogens with zero attached hydrogens (tertiary/aromatic N) is 3. The molecule has 0 atom stereocenters. The fraction of sp³-hybridized carbons (Fsp3) is 0.474. The molecule has 1 fully saturated rings. The van der Waals surface area contributed by atoms with Gasteiger partial charge in [0.25, 0.3) is 11.5 Å². The second-order valence-corrected chi connectivity index (χ2v) is 6.83. The molecule has 2 heterocycles. The molecule has 1 aromatic carbocycles. The van der Waals surface area contributed by atoms with Crippen LogP contribution in [0.25, 0.3) is 10.8 Å².